The molecule has 10 heteroatoms. The fourth-order valence-corrected chi connectivity index (χ4v) is 3.69. The van der Waals surface area contributed by atoms with Crippen LogP contribution < -0.4 is 14.8 Å². The van der Waals surface area contributed by atoms with Crippen LogP contribution in [0.1, 0.15) is 35.3 Å². The van der Waals surface area contributed by atoms with Crippen molar-refractivity contribution in [1.82, 2.24) is 0 Å². The lowest BCUT2D eigenvalue weighted by Crippen LogP contribution is -2.20. The Balaban J connectivity index is 2.64. The molecule has 158 valence electrons. The summed E-state index contributed by atoms with van der Waals surface area (Å²) in [7, 11) is -0.992. The molecular weight excluding hydrogens is 421 g/mol. The van der Waals surface area contributed by atoms with E-state index in [0.717, 1.165) is 0 Å². The van der Waals surface area contributed by atoms with Crippen molar-refractivity contribution >= 4 is 19.4 Å². The van der Waals surface area contributed by atoms with Crippen LogP contribution in [0, 0.1) is 0 Å². The first-order chi connectivity index (χ1) is 13.5. The summed E-state index contributed by atoms with van der Waals surface area (Å²) in [5, 5.41) is 0.217. The van der Waals surface area contributed by atoms with Gasteiger partial charge < -0.3 is 9.47 Å². The average molecular weight is 438 g/mol. The van der Waals surface area contributed by atoms with Crippen LogP contribution in [0.4, 0.5) is 26.3 Å². The predicted molar refractivity (Wildman–Crippen MR) is 97.5 cm³/mol. The molecule has 0 aliphatic heterocycles. The zero-order chi connectivity index (χ0) is 21.8. The van der Waals surface area contributed by atoms with Crippen LogP contribution in [-0.4, -0.2) is 18.7 Å². The maximum Gasteiger partial charge on any atom is 0.417 e. The lowest BCUT2D eigenvalue weighted by molar-refractivity contribution is -0.143. The van der Waals surface area contributed by atoms with Gasteiger partial charge in [-0.25, -0.2) is 0 Å². The van der Waals surface area contributed by atoms with Crippen LogP contribution in [0.5, 0.6) is 11.5 Å². The second kappa shape index (κ2) is 9.03. The zero-order valence-electron chi connectivity index (χ0n) is 15.4. The van der Waals surface area contributed by atoms with Gasteiger partial charge in [0.2, 0.25) is 0 Å². The molecule has 0 saturated carbocycles. The molecule has 1 unspecified atom stereocenters. The normalized spacial score (nSPS) is 12.4. The lowest BCUT2D eigenvalue weighted by atomic mass is 10.00. The van der Waals surface area contributed by atoms with Crippen LogP contribution >= 0.6 is 8.58 Å². The molecule has 0 saturated heterocycles. The molecule has 0 radical (unpaired) electrons. The van der Waals surface area contributed by atoms with Crippen LogP contribution in [0.15, 0.2) is 36.4 Å². The van der Waals surface area contributed by atoms with Gasteiger partial charge in [0.15, 0.2) is 5.52 Å². The van der Waals surface area contributed by atoms with E-state index in [0.29, 0.717) is 12.1 Å². The fraction of sp³-hybridized carbons (Fsp3) is 0.316. The lowest BCUT2D eigenvalue weighted by Gasteiger charge is -2.20. The predicted octanol–water partition coefficient (Wildman–Crippen LogP) is 5.67. The molecular formula is C19H17F6O3P. The summed E-state index contributed by atoms with van der Waals surface area (Å²) < 4.78 is 91.4. The van der Waals surface area contributed by atoms with Gasteiger partial charge in [0.25, 0.3) is 0 Å². The largest absolute Gasteiger partial charge is 0.494 e. The average Bonchev–Trinajstić information content (AvgIpc) is 2.61. The minimum atomic E-state index is -5.18. The van der Waals surface area contributed by atoms with Gasteiger partial charge in [0, 0.05) is 10.9 Å². The molecule has 1 atom stereocenters. The number of para-hydroxylation sites is 1. The Kier molecular flexibility index (Phi) is 7.16. The van der Waals surface area contributed by atoms with Crippen LogP contribution in [0.25, 0.3) is 0 Å². The van der Waals surface area contributed by atoms with E-state index in [1.54, 1.807) is 13.0 Å². The Morgan fingerprint density at radius 1 is 0.897 bits per heavy atom. The standard InChI is InChI=1S/C19H17F6O3P/c1-3-27-11-9-12(18(20,21)22)16(13(10-11)19(23,24)25)17(26)29-15-8-6-5-7-14(15)28-4-2/h5-10,29H,3-4H2,1-2H3. The maximum atomic E-state index is 13.5. The molecule has 3 nitrogen and oxygen atoms in total. The molecule has 0 aliphatic rings. The molecule has 0 fully saturated rings. The molecule has 0 aromatic heterocycles. The van der Waals surface area contributed by atoms with Crippen LogP contribution in [0.2, 0.25) is 0 Å². The van der Waals surface area contributed by atoms with Gasteiger partial charge in [-0.3, -0.25) is 4.79 Å². The topological polar surface area (TPSA) is 35.5 Å². The van der Waals surface area contributed by atoms with Crippen molar-refractivity contribution in [3.05, 3.63) is 53.1 Å². The number of carbonyl (C=O) groups is 1. The van der Waals surface area contributed by atoms with Crippen molar-refractivity contribution in [2.24, 2.45) is 0 Å². The first kappa shape index (κ1) is 23.0. The van der Waals surface area contributed by atoms with Crippen LogP contribution in [-0.2, 0) is 12.4 Å². The Bertz CT molecular complexity index is 842. The summed E-state index contributed by atoms with van der Waals surface area (Å²) in [6.45, 7) is 3.18. The first-order valence-corrected chi connectivity index (χ1v) is 9.47. The summed E-state index contributed by atoms with van der Waals surface area (Å²) in [6.07, 6.45) is -10.4. The van der Waals surface area contributed by atoms with Crippen molar-refractivity contribution in [2.75, 3.05) is 13.2 Å². The van der Waals surface area contributed by atoms with Gasteiger partial charge in [-0.2, -0.15) is 26.3 Å². The monoisotopic (exact) mass is 438 g/mol. The van der Waals surface area contributed by atoms with E-state index in [9.17, 15) is 31.1 Å². The molecule has 0 amide bonds. The quantitative estimate of drug-likeness (QED) is 0.413. The number of alkyl halides is 6. The summed E-state index contributed by atoms with van der Waals surface area (Å²) in [6, 6.07) is 6.87. The van der Waals surface area contributed by atoms with E-state index < -0.39 is 48.9 Å². The van der Waals surface area contributed by atoms with Crippen molar-refractivity contribution < 1.29 is 40.6 Å². The van der Waals surface area contributed by atoms with Gasteiger partial charge >= 0.3 is 12.4 Å². The number of rotatable bonds is 7. The molecule has 0 spiro atoms. The number of hydrogen-bond acceptors (Lipinski definition) is 3. The Hall–Kier alpha value is -2.28. The number of benzene rings is 2. The van der Waals surface area contributed by atoms with Crippen molar-refractivity contribution in [1.29, 1.82) is 0 Å². The van der Waals surface area contributed by atoms with Crippen LogP contribution in [0.3, 0.4) is 0 Å². The highest BCUT2D eigenvalue weighted by molar-refractivity contribution is 7.66. The third-order valence-electron chi connectivity index (χ3n) is 3.70. The summed E-state index contributed by atoms with van der Waals surface area (Å²) in [5.74, 6) is -0.378. The third-order valence-corrected chi connectivity index (χ3v) is 4.86. The van der Waals surface area contributed by atoms with Gasteiger partial charge in [-0.05, 0) is 40.6 Å². The SMILES string of the molecule is CCOc1cc(C(F)(F)F)c(C(=O)Pc2ccccc2OCC)c(C(F)(F)F)c1. The molecule has 2 aromatic carbocycles. The van der Waals surface area contributed by atoms with Crippen molar-refractivity contribution in [2.45, 2.75) is 26.2 Å². The van der Waals surface area contributed by atoms with E-state index in [4.69, 9.17) is 9.47 Å². The highest BCUT2D eigenvalue weighted by Gasteiger charge is 2.43. The van der Waals surface area contributed by atoms with Gasteiger partial charge in [-0.1, -0.05) is 18.2 Å². The molecule has 0 aliphatic carbocycles. The number of halogens is 6. The van der Waals surface area contributed by atoms with E-state index in [1.165, 1.54) is 25.1 Å². The molecule has 29 heavy (non-hydrogen) atoms. The van der Waals surface area contributed by atoms with Crippen molar-refractivity contribution in [3.63, 3.8) is 0 Å². The molecule has 0 bridgehead atoms. The maximum absolute atomic E-state index is 13.5. The molecule has 0 N–H and O–H groups in total. The Morgan fingerprint density at radius 3 is 1.90 bits per heavy atom. The molecule has 2 rings (SSSR count). The number of ether oxygens (including phenoxy) is 2. The van der Waals surface area contributed by atoms with Crippen molar-refractivity contribution in [3.8, 4) is 11.5 Å². The van der Waals surface area contributed by atoms with E-state index >= 15 is 0 Å². The van der Waals surface area contributed by atoms with Gasteiger partial charge in [0.05, 0.1) is 24.3 Å². The summed E-state index contributed by atoms with van der Waals surface area (Å²) >= 11 is 0. The van der Waals surface area contributed by atoms with E-state index in [-0.39, 0.29) is 24.3 Å². The Morgan fingerprint density at radius 2 is 1.41 bits per heavy atom. The minimum Gasteiger partial charge on any atom is -0.494 e. The molecule has 2 aromatic rings. The number of hydrogen-bond donors (Lipinski definition) is 0. The second-order valence-corrected chi connectivity index (χ2v) is 6.95. The molecule has 0 heterocycles. The van der Waals surface area contributed by atoms with Gasteiger partial charge in [-0.15, -0.1) is 0 Å². The highest BCUT2D eigenvalue weighted by atomic mass is 31.1. The number of carbonyl (C=O) groups excluding carboxylic acids is 1. The fourth-order valence-electron chi connectivity index (χ4n) is 2.59. The Labute approximate surface area is 164 Å². The highest BCUT2D eigenvalue weighted by Crippen LogP contribution is 2.44. The smallest absolute Gasteiger partial charge is 0.417 e. The van der Waals surface area contributed by atoms with Gasteiger partial charge in [0.1, 0.15) is 11.5 Å². The van der Waals surface area contributed by atoms with E-state index in [1.807, 2.05) is 0 Å². The first-order valence-electron chi connectivity index (χ1n) is 8.47. The second-order valence-electron chi connectivity index (χ2n) is 5.71. The third kappa shape index (κ3) is 5.63. The minimum absolute atomic E-state index is 0.134. The van der Waals surface area contributed by atoms with E-state index in [2.05, 4.69) is 0 Å². The summed E-state index contributed by atoms with van der Waals surface area (Å²) in [4.78, 5) is 12.7. The summed E-state index contributed by atoms with van der Waals surface area (Å²) in [5.41, 5.74) is -6.07. The zero-order valence-corrected chi connectivity index (χ0v) is 16.4.